The Labute approximate surface area is 83.4 Å². The third kappa shape index (κ3) is 5.30. The molecular weight excluding hydrogens is 183 g/mol. The Morgan fingerprint density at radius 1 is 1.29 bits per heavy atom. The van der Waals surface area contributed by atoms with E-state index in [0.29, 0.717) is 6.42 Å². The lowest BCUT2D eigenvalue weighted by Crippen LogP contribution is -1.97. The second-order valence-electron chi connectivity index (χ2n) is 2.52. The summed E-state index contributed by atoms with van der Waals surface area (Å²) >= 11 is 0. The summed E-state index contributed by atoms with van der Waals surface area (Å²) in [5, 5.41) is 8.36. The van der Waals surface area contributed by atoms with Crippen LogP contribution in [0.25, 0.3) is 0 Å². The number of rotatable bonds is 3. The number of hydrogen-bond acceptors (Lipinski definition) is 1. The fourth-order valence-electron chi connectivity index (χ4n) is 0.902. The van der Waals surface area contributed by atoms with Crippen LogP contribution in [0.5, 0.6) is 0 Å². The summed E-state index contributed by atoms with van der Waals surface area (Å²) in [6.45, 7) is 4.00. The van der Waals surface area contributed by atoms with Crippen molar-refractivity contribution in [2.45, 2.75) is 26.7 Å². The fraction of sp³-hybridized carbons (Fsp3) is 0.364. The summed E-state index contributed by atoms with van der Waals surface area (Å²) in [5.74, 6) is -1.13. The third-order valence-corrected chi connectivity index (χ3v) is 1.54. The van der Waals surface area contributed by atoms with Gasteiger partial charge in [-0.15, -0.1) is 0 Å². The normalized spacial score (nSPS) is 8.79. The van der Waals surface area contributed by atoms with Gasteiger partial charge in [-0.2, -0.15) is 0 Å². The number of carboxylic acid groups (broad SMARTS) is 1. The highest BCUT2D eigenvalue weighted by atomic mass is 19.1. The van der Waals surface area contributed by atoms with Gasteiger partial charge in [-0.3, -0.25) is 4.79 Å². The van der Waals surface area contributed by atoms with Crippen LogP contribution in [0.4, 0.5) is 4.39 Å². The van der Waals surface area contributed by atoms with Crippen molar-refractivity contribution >= 4 is 5.97 Å². The molecule has 0 bridgehead atoms. The van der Waals surface area contributed by atoms with Crippen LogP contribution in [-0.2, 0) is 11.2 Å². The Balaban J connectivity index is 0.000000791. The van der Waals surface area contributed by atoms with E-state index in [4.69, 9.17) is 5.11 Å². The van der Waals surface area contributed by atoms with Gasteiger partial charge in [0, 0.05) is 6.42 Å². The largest absolute Gasteiger partial charge is 0.481 e. The van der Waals surface area contributed by atoms with Gasteiger partial charge in [-0.1, -0.05) is 26.0 Å². The van der Waals surface area contributed by atoms with Crippen LogP contribution >= 0.6 is 0 Å². The maximum absolute atomic E-state index is 12.4. The zero-order valence-corrected chi connectivity index (χ0v) is 8.46. The topological polar surface area (TPSA) is 37.3 Å². The lowest BCUT2D eigenvalue weighted by molar-refractivity contribution is -0.136. The molecule has 0 aliphatic rings. The summed E-state index contributed by atoms with van der Waals surface area (Å²) < 4.78 is 12.4. The second-order valence-corrected chi connectivity index (χ2v) is 2.52. The molecule has 2 nitrogen and oxygen atoms in total. The van der Waals surface area contributed by atoms with E-state index < -0.39 is 5.97 Å². The highest BCUT2D eigenvalue weighted by Gasteiger charge is 1.98. The molecule has 0 saturated heterocycles. The minimum absolute atomic E-state index is 0.0889. The zero-order chi connectivity index (χ0) is 11.0. The van der Waals surface area contributed by atoms with Crippen molar-refractivity contribution in [1.29, 1.82) is 0 Å². The molecule has 1 N–H and O–H groups in total. The summed E-state index contributed by atoms with van der Waals surface area (Å²) in [6, 6.07) is 5.85. The number of carboxylic acids is 1. The molecule has 1 rings (SSSR count). The van der Waals surface area contributed by atoms with Crippen molar-refractivity contribution in [3.8, 4) is 0 Å². The number of aliphatic carboxylic acids is 1. The number of benzene rings is 1. The molecule has 0 spiro atoms. The number of halogens is 1. The summed E-state index contributed by atoms with van der Waals surface area (Å²) in [4.78, 5) is 10.2. The first kappa shape index (κ1) is 12.6. The molecule has 0 heterocycles. The Morgan fingerprint density at radius 2 is 1.79 bits per heavy atom. The first-order chi connectivity index (χ1) is 6.68. The Kier molecular flexibility index (Phi) is 6.37. The molecule has 0 aromatic heterocycles. The van der Waals surface area contributed by atoms with Crippen LogP contribution in [0.3, 0.4) is 0 Å². The van der Waals surface area contributed by atoms with Crippen LogP contribution in [-0.4, -0.2) is 11.1 Å². The summed E-state index contributed by atoms with van der Waals surface area (Å²) in [7, 11) is 0. The molecule has 0 radical (unpaired) electrons. The van der Waals surface area contributed by atoms with Crippen LogP contribution in [0, 0.1) is 5.82 Å². The first-order valence-corrected chi connectivity index (χ1v) is 4.65. The average molecular weight is 198 g/mol. The Morgan fingerprint density at radius 3 is 2.21 bits per heavy atom. The number of hydrogen-bond donors (Lipinski definition) is 1. The fourth-order valence-corrected chi connectivity index (χ4v) is 0.902. The smallest absolute Gasteiger partial charge is 0.303 e. The van der Waals surface area contributed by atoms with Crippen LogP contribution in [0.2, 0.25) is 0 Å². The number of carbonyl (C=O) groups is 1. The molecule has 3 heteroatoms. The molecule has 0 aliphatic heterocycles. The summed E-state index contributed by atoms with van der Waals surface area (Å²) in [6.07, 6.45) is 0.543. The maximum atomic E-state index is 12.4. The molecular formula is C11H15FO2. The molecule has 1 aromatic rings. The van der Waals surface area contributed by atoms with E-state index in [-0.39, 0.29) is 12.2 Å². The van der Waals surface area contributed by atoms with Gasteiger partial charge in [0.2, 0.25) is 0 Å². The molecule has 0 unspecified atom stereocenters. The van der Waals surface area contributed by atoms with Crippen molar-refractivity contribution in [3.05, 3.63) is 35.6 Å². The molecule has 0 aliphatic carbocycles. The predicted molar refractivity (Wildman–Crippen MR) is 53.7 cm³/mol. The van der Waals surface area contributed by atoms with Crippen molar-refractivity contribution in [3.63, 3.8) is 0 Å². The monoisotopic (exact) mass is 198 g/mol. The van der Waals surface area contributed by atoms with Gasteiger partial charge in [0.25, 0.3) is 0 Å². The minimum atomic E-state index is -0.834. The van der Waals surface area contributed by atoms with Crippen molar-refractivity contribution in [2.75, 3.05) is 0 Å². The van der Waals surface area contributed by atoms with E-state index in [1.54, 1.807) is 12.1 Å². The van der Waals surface area contributed by atoms with E-state index in [2.05, 4.69) is 0 Å². The second kappa shape index (κ2) is 7.06. The van der Waals surface area contributed by atoms with Gasteiger partial charge in [-0.25, -0.2) is 4.39 Å². The highest BCUT2D eigenvalue weighted by molar-refractivity contribution is 5.67. The van der Waals surface area contributed by atoms with E-state index in [0.717, 1.165) is 5.56 Å². The van der Waals surface area contributed by atoms with Gasteiger partial charge in [0.15, 0.2) is 0 Å². The predicted octanol–water partition coefficient (Wildman–Crippen LogP) is 2.87. The van der Waals surface area contributed by atoms with Gasteiger partial charge in [0.05, 0.1) is 0 Å². The van der Waals surface area contributed by atoms with Crippen LogP contribution < -0.4 is 0 Å². The Bertz CT molecular complexity index is 267. The zero-order valence-electron chi connectivity index (χ0n) is 8.46. The molecule has 0 saturated carbocycles. The van der Waals surface area contributed by atoms with Gasteiger partial charge in [-0.05, 0) is 24.1 Å². The average Bonchev–Trinajstić information content (AvgIpc) is 2.20. The number of aryl methyl sites for hydroxylation is 1. The van der Waals surface area contributed by atoms with Crippen molar-refractivity contribution in [2.24, 2.45) is 0 Å². The van der Waals surface area contributed by atoms with Crippen LogP contribution in [0.15, 0.2) is 24.3 Å². The lowest BCUT2D eigenvalue weighted by Gasteiger charge is -1.96. The van der Waals surface area contributed by atoms with E-state index >= 15 is 0 Å². The van der Waals surface area contributed by atoms with Crippen molar-refractivity contribution < 1.29 is 14.3 Å². The van der Waals surface area contributed by atoms with Crippen molar-refractivity contribution in [1.82, 2.24) is 0 Å². The van der Waals surface area contributed by atoms with Gasteiger partial charge < -0.3 is 5.11 Å². The lowest BCUT2D eigenvalue weighted by atomic mass is 10.1. The standard InChI is InChI=1S/C9H9FO2.C2H6/c10-8-4-1-7(2-5-8)3-6-9(11)12;1-2/h1-2,4-5H,3,6H2,(H,11,12);1-2H3. The highest BCUT2D eigenvalue weighted by Crippen LogP contribution is 2.04. The summed E-state index contributed by atoms with van der Waals surface area (Å²) in [5.41, 5.74) is 0.846. The SMILES string of the molecule is CC.O=C(O)CCc1ccc(F)cc1. The van der Waals surface area contributed by atoms with E-state index in [1.165, 1.54) is 12.1 Å². The molecule has 14 heavy (non-hydrogen) atoms. The van der Waals surface area contributed by atoms with E-state index in [9.17, 15) is 9.18 Å². The molecule has 1 aromatic carbocycles. The maximum Gasteiger partial charge on any atom is 0.303 e. The molecule has 0 fully saturated rings. The first-order valence-electron chi connectivity index (χ1n) is 4.65. The molecule has 78 valence electrons. The van der Waals surface area contributed by atoms with Gasteiger partial charge in [0.1, 0.15) is 5.82 Å². The Hall–Kier alpha value is -1.38. The molecule has 0 atom stereocenters. The van der Waals surface area contributed by atoms with Gasteiger partial charge >= 0.3 is 5.97 Å². The van der Waals surface area contributed by atoms with Crippen LogP contribution in [0.1, 0.15) is 25.8 Å². The molecule has 0 amide bonds. The van der Waals surface area contributed by atoms with E-state index in [1.807, 2.05) is 13.8 Å². The minimum Gasteiger partial charge on any atom is -0.481 e. The third-order valence-electron chi connectivity index (χ3n) is 1.54. The quantitative estimate of drug-likeness (QED) is 0.810.